The molecule has 4 nitrogen and oxygen atoms in total. The smallest absolute Gasteiger partial charge is 0.309 e. The van der Waals surface area contributed by atoms with Crippen LogP contribution in [0.25, 0.3) is 0 Å². The van der Waals surface area contributed by atoms with E-state index >= 15 is 0 Å². The number of hydrogen-bond acceptors (Lipinski definition) is 2. The number of para-hydroxylation sites is 1. The number of carbonyl (C=O) groups excluding carboxylic acids is 2. The van der Waals surface area contributed by atoms with E-state index in [9.17, 15) is 9.59 Å². The van der Waals surface area contributed by atoms with Crippen LogP contribution < -0.4 is 10.2 Å². The van der Waals surface area contributed by atoms with Crippen molar-refractivity contribution in [2.24, 2.45) is 0 Å². The average molecular weight is 191 g/mol. The summed E-state index contributed by atoms with van der Waals surface area (Å²) in [7, 11) is 1.66. The predicted octanol–water partition coefficient (Wildman–Crippen LogP) is 0.306. The molecule has 0 aliphatic rings. The van der Waals surface area contributed by atoms with Crippen molar-refractivity contribution in [2.75, 3.05) is 18.5 Å². The van der Waals surface area contributed by atoms with Crippen LogP contribution in [-0.2, 0) is 9.59 Å². The van der Waals surface area contributed by atoms with Gasteiger partial charge < -0.3 is 10.2 Å². The number of rotatable bonds is 4. The van der Waals surface area contributed by atoms with Crippen LogP contribution in [0, 0.1) is 0 Å². The Morgan fingerprint density at radius 2 is 2.07 bits per heavy atom. The van der Waals surface area contributed by atoms with Gasteiger partial charge in [0.25, 0.3) is 0 Å². The summed E-state index contributed by atoms with van der Waals surface area (Å²) in [6, 6.07) is 9.21. The van der Waals surface area contributed by atoms with E-state index < -0.39 is 0 Å². The van der Waals surface area contributed by atoms with Crippen LogP contribution in [0.1, 0.15) is 0 Å². The van der Waals surface area contributed by atoms with Crippen molar-refractivity contribution in [3.05, 3.63) is 30.3 Å². The summed E-state index contributed by atoms with van der Waals surface area (Å²) < 4.78 is 0. The lowest BCUT2D eigenvalue weighted by atomic mass is 10.3. The molecule has 0 atom stereocenters. The Morgan fingerprint density at radius 1 is 1.43 bits per heavy atom. The normalized spacial score (nSPS) is 9.21. The maximum absolute atomic E-state index is 11.4. The highest BCUT2D eigenvalue weighted by Gasteiger charge is 2.08. The molecule has 0 unspecified atom stereocenters. The van der Waals surface area contributed by atoms with Crippen LogP contribution >= 0.6 is 0 Å². The van der Waals surface area contributed by atoms with Gasteiger partial charge in [0.2, 0.25) is 5.91 Å². The molecule has 1 aromatic carbocycles. The highest BCUT2D eigenvalue weighted by molar-refractivity contribution is 5.94. The fourth-order valence-corrected chi connectivity index (χ4v) is 1.03. The number of carbonyl (C=O) groups is 1. The SMILES string of the molecule is CN(C(=O)CN[C]=O)c1ccccc1. The molecule has 0 saturated carbocycles. The van der Waals surface area contributed by atoms with Gasteiger partial charge >= 0.3 is 6.41 Å². The first kappa shape index (κ1) is 10.2. The van der Waals surface area contributed by atoms with E-state index in [4.69, 9.17) is 0 Å². The highest BCUT2D eigenvalue weighted by Crippen LogP contribution is 2.10. The largest absolute Gasteiger partial charge is 0.339 e. The second-order valence-corrected chi connectivity index (χ2v) is 2.74. The zero-order chi connectivity index (χ0) is 10.4. The number of likely N-dealkylation sites (N-methyl/N-ethyl adjacent to an activating group) is 1. The zero-order valence-electron chi connectivity index (χ0n) is 7.86. The van der Waals surface area contributed by atoms with E-state index in [1.54, 1.807) is 7.05 Å². The number of anilines is 1. The lowest BCUT2D eigenvalue weighted by Crippen LogP contribution is -2.34. The second-order valence-electron chi connectivity index (χ2n) is 2.74. The van der Waals surface area contributed by atoms with Gasteiger partial charge in [-0.25, -0.2) is 0 Å². The summed E-state index contributed by atoms with van der Waals surface area (Å²) >= 11 is 0. The molecule has 14 heavy (non-hydrogen) atoms. The monoisotopic (exact) mass is 191 g/mol. The van der Waals surface area contributed by atoms with Gasteiger partial charge in [0, 0.05) is 12.7 Å². The minimum absolute atomic E-state index is 0.0328. The van der Waals surface area contributed by atoms with Gasteiger partial charge in [-0.2, -0.15) is 0 Å². The van der Waals surface area contributed by atoms with Gasteiger partial charge in [0.1, 0.15) is 0 Å². The van der Waals surface area contributed by atoms with E-state index in [1.807, 2.05) is 30.3 Å². The third kappa shape index (κ3) is 2.58. The third-order valence-electron chi connectivity index (χ3n) is 1.83. The molecule has 0 spiro atoms. The van der Waals surface area contributed by atoms with Gasteiger partial charge in [-0.1, -0.05) is 18.2 Å². The summed E-state index contributed by atoms with van der Waals surface area (Å²) in [6.45, 7) is -0.0328. The molecule has 1 radical (unpaired) electrons. The molecule has 4 heteroatoms. The van der Waals surface area contributed by atoms with Crippen LogP contribution in [0.2, 0.25) is 0 Å². The standard InChI is InChI=1S/C10H11N2O2/c1-12(10(14)7-11-8-13)9-5-3-2-4-6-9/h2-6H,7H2,1H3,(H,11,13). The molecule has 0 bridgehead atoms. The minimum atomic E-state index is -0.181. The molecule has 0 aliphatic heterocycles. The molecule has 2 amide bonds. The highest BCUT2D eigenvalue weighted by atomic mass is 16.2. The summed E-state index contributed by atoms with van der Waals surface area (Å²) in [5.74, 6) is -0.181. The van der Waals surface area contributed by atoms with Crippen molar-refractivity contribution in [1.29, 1.82) is 0 Å². The molecule has 0 saturated heterocycles. The van der Waals surface area contributed by atoms with Crippen LogP contribution in [0.4, 0.5) is 5.69 Å². The van der Waals surface area contributed by atoms with Crippen molar-refractivity contribution in [3.63, 3.8) is 0 Å². The molecule has 0 aromatic heterocycles. The molecule has 1 N–H and O–H groups in total. The molecule has 1 rings (SSSR count). The first-order chi connectivity index (χ1) is 6.75. The molecule has 0 heterocycles. The molecular weight excluding hydrogens is 180 g/mol. The van der Waals surface area contributed by atoms with Gasteiger partial charge in [0.05, 0.1) is 6.54 Å². The molecule has 1 aromatic rings. The van der Waals surface area contributed by atoms with Crippen LogP contribution in [0.15, 0.2) is 30.3 Å². The van der Waals surface area contributed by atoms with Crippen molar-refractivity contribution < 1.29 is 9.59 Å². The van der Waals surface area contributed by atoms with Crippen LogP contribution in [-0.4, -0.2) is 25.9 Å². The van der Waals surface area contributed by atoms with Crippen molar-refractivity contribution in [3.8, 4) is 0 Å². The van der Waals surface area contributed by atoms with Crippen molar-refractivity contribution in [1.82, 2.24) is 5.32 Å². The Morgan fingerprint density at radius 3 is 2.64 bits per heavy atom. The Labute approximate surface area is 82.5 Å². The van der Waals surface area contributed by atoms with Gasteiger partial charge in [-0.3, -0.25) is 9.59 Å². The van der Waals surface area contributed by atoms with E-state index in [2.05, 4.69) is 5.32 Å². The van der Waals surface area contributed by atoms with Gasteiger partial charge in [-0.15, -0.1) is 0 Å². The number of benzene rings is 1. The van der Waals surface area contributed by atoms with E-state index in [-0.39, 0.29) is 12.5 Å². The maximum atomic E-state index is 11.4. The predicted molar refractivity (Wildman–Crippen MR) is 53.5 cm³/mol. The lowest BCUT2D eigenvalue weighted by Gasteiger charge is -2.16. The molecule has 73 valence electrons. The van der Waals surface area contributed by atoms with Gasteiger partial charge in [-0.05, 0) is 12.1 Å². The van der Waals surface area contributed by atoms with Gasteiger partial charge in [0.15, 0.2) is 0 Å². The number of hydrogen-bond donors (Lipinski definition) is 1. The number of amides is 2. The Bertz CT molecular complexity index is 311. The fourth-order valence-electron chi connectivity index (χ4n) is 1.03. The second kappa shape index (κ2) is 5.01. The van der Waals surface area contributed by atoms with E-state index in [0.29, 0.717) is 0 Å². The number of nitrogens with one attached hydrogen (secondary N) is 1. The summed E-state index contributed by atoms with van der Waals surface area (Å²) in [6.07, 6.45) is 1.46. The Kier molecular flexibility index (Phi) is 3.67. The minimum Gasteiger partial charge on any atom is -0.339 e. The summed E-state index contributed by atoms with van der Waals surface area (Å²) in [5, 5.41) is 2.20. The average Bonchev–Trinajstić information content (AvgIpc) is 2.26. The zero-order valence-corrected chi connectivity index (χ0v) is 7.86. The quantitative estimate of drug-likeness (QED) is 0.696. The summed E-state index contributed by atoms with van der Waals surface area (Å²) in [5.41, 5.74) is 0.796. The molecule has 0 aliphatic carbocycles. The van der Waals surface area contributed by atoms with Crippen LogP contribution in [0.3, 0.4) is 0 Å². The summed E-state index contributed by atoms with van der Waals surface area (Å²) in [4.78, 5) is 22.7. The number of nitrogens with zero attached hydrogens (tertiary/aromatic N) is 1. The third-order valence-corrected chi connectivity index (χ3v) is 1.83. The van der Waals surface area contributed by atoms with E-state index in [0.717, 1.165) is 5.69 Å². The topological polar surface area (TPSA) is 49.4 Å². The first-order valence-corrected chi connectivity index (χ1v) is 4.17. The van der Waals surface area contributed by atoms with Crippen molar-refractivity contribution in [2.45, 2.75) is 0 Å². The molecular formula is C10H11N2O2. The van der Waals surface area contributed by atoms with E-state index in [1.165, 1.54) is 11.3 Å². The maximum Gasteiger partial charge on any atom is 0.309 e. The van der Waals surface area contributed by atoms with Crippen molar-refractivity contribution >= 4 is 18.0 Å². The Balaban J connectivity index is 2.61. The first-order valence-electron chi connectivity index (χ1n) is 4.17. The fraction of sp³-hybridized carbons (Fsp3) is 0.200. The Hall–Kier alpha value is -1.84. The molecule has 0 fully saturated rings. The van der Waals surface area contributed by atoms with Crippen LogP contribution in [0.5, 0.6) is 0 Å². The lowest BCUT2D eigenvalue weighted by molar-refractivity contribution is -0.117.